The summed E-state index contributed by atoms with van der Waals surface area (Å²) in [5, 5.41) is 8.32. The number of carbonyl (C=O) groups is 1. The fraction of sp³-hybridized carbons (Fsp3) is 0.500. The van der Waals surface area contributed by atoms with Gasteiger partial charge in [-0.25, -0.2) is 9.79 Å². The summed E-state index contributed by atoms with van der Waals surface area (Å²) in [7, 11) is 0. The van der Waals surface area contributed by atoms with Crippen LogP contribution < -0.4 is 0 Å². The van der Waals surface area contributed by atoms with Crippen molar-refractivity contribution in [3.05, 3.63) is 0 Å². The molecule has 0 unspecified atom stereocenters. The topological polar surface area (TPSA) is 58.9 Å². The van der Waals surface area contributed by atoms with Gasteiger partial charge in [-0.05, 0) is 0 Å². The minimum atomic E-state index is -1.29. The Balaban J connectivity index is 0.000000810. The molecule has 6 heteroatoms. The van der Waals surface area contributed by atoms with E-state index in [4.69, 9.17) is 5.11 Å². The van der Waals surface area contributed by atoms with E-state index >= 15 is 0 Å². The van der Waals surface area contributed by atoms with Gasteiger partial charge in [-0.3, -0.25) is 0 Å². The van der Waals surface area contributed by atoms with E-state index in [0.29, 0.717) is 6.54 Å². The molecule has 1 rings (SSSR count). The van der Waals surface area contributed by atoms with Gasteiger partial charge in [0.1, 0.15) is 0 Å². The summed E-state index contributed by atoms with van der Waals surface area (Å²) < 4.78 is 4.24. The van der Waals surface area contributed by atoms with Crippen molar-refractivity contribution < 1.29 is 14.6 Å². The number of carboxylic acid groups (broad SMARTS) is 1. The van der Waals surface area contributed by atoms with Gasteiger partial charge in [0.25, 0.3) is 5.23 Å². The molecule has 1 N–H and O–H groups in total. The van der Waals surface area contributed by atoms with Crippen LogP contribution in [0.2, 0.25) is 0 Å². The van der Waals surface area contributed by atoms with Crippen LogP contribution in [0.5, 0.6) is 0 Å². The Hall–Kier alpha value is 0.550. The van der Waals surface area contributed by atoms with Gasteiger partial charge in [0.2, 0.25) is 0 Å². The first kappa shape index (κ1) is 10.5. The van der Waals surface area contributed by atoms with Crippen LogP contribution in [0.1, 0.15) is 0 Å². The molecule has 1 aliphatic rings. The second-order valence-electron chi connectivity index (χ2n) is 1.36. The maximum absolute atomic E-state index is 9.84. The van der Waals surface area contributed by atoms with E-state index in [2.05, 4.69) is 9.73 Å². The molecule has 0 bridgehead atoms. The van der Waals surface area contributed by atoms with E-state index in [9.17, 15) is 4.79 Å². The SMILES string of the molecule is O=C(O)OC1=NCCS1.[CaH2]. The standard InChI is InChI=1S/C4H5NO3S.Ca.2H/c6-4(7)8-3-5-1-2-9-3;;;/h1-2H2,(H,6,7);;;. The molecule has 1 aliphatic heterocycles. The molecule has 0 amide bonds. The molecule has 0 saturated heterocycles. The normalized spacial score (nSPS) is 15.4. The van der Waals surface area contributed by atoms with Crippen molar-refractivity contribution in [1.82, 2.24) is 0 Å². The Morgan fingerprint density at radius 3 is 2.90 bits per heavy atom. The molecule has 0 fully saturated rings. The van der Waals surface area contributed by atoms with E-state index in [0.717, 1.165) is 5.75 Å². The molecule has 10 heavy (non-hydrogen) atoms. The Kier molecular flexibility index (Phi) is 5.52. The summed E-state index contributed by atoms with van der Waals surface area (Å²) in [6, 6.07) is 0. The van der Waals surface area contributed by atoms with Crippen LogP contribution in [0.15, 0.2) is 4.99 Å². The number of aliphatic imine (C=N–C) groups is 1. The van der Waals surface area contributed by atoms with Crippen LogP contribution in [-0.2, 0) is 4.74 Å². The Bertz CT molecular complexity index is 161. The summed E-state index contributed by atoms with van der Waals surface area (Å²) >= 11 is 1.32. The van der Waals surface area contributed by atoms with E-state index in [-0.39, 0.29) is 43.0 Å². The van der Waals surface area contributed by atoms with Gasteiger partial charge in [0.05, 0.1) is 6.54 Å². The Morgan fingerprint density at radius 2 is 2.50 bits per heavy atom. The third-order valence-electron chi connectivity index (χ3n) is 0.732. The summed E-state index contributed by atoms with van der Waals surface area (Å²) in [6.07, 6.45) is -1.29. The molecule has 0 aromatic rings. The monoisotopic (exact) mass is 189 g/mol. The van der Waals surface area contributed by atoms with Crippen LogP contribution in [0.3, 0.4) is 0 Å². The summed E-state index contributed by atoms with van der Waals surface area (Å²) in [6.45, 7) is 0.660. The van der Waals surface area contributed by atoms with Crippen molar-refractivity contribution in [3.8, 4) is 0 Å². The van der Waals surface area contributed by atoms with Crippen molar-refractivity contribution in [1.29, 1.82) is 0 Å². The fourth-order valence-corrected chi connectivity index (χ4v) is 1.12. The van der Waals surface area contributed by atoms with Gasteiger partial charge in [-0.2, -0.15) is 0 Å². The molecule has 0 atom stereocenters. The summed E-state index contributed by atoms with van der Waals surface area (Å²) in [5.41, 5.74) is 0. The van der Waals surface area contributed by atoms with Crippen molar-refractivity contribution in [2.75, 3.05) is 12.3 Å². The molecule has 0 saturated carbocycles. The first-order chi connectivity index (χ1) is 4.29. The van der Waals surface area contributed by atoms with Crippen LogP contribution in [0.25, 0.3) is 0 Å². The molecule has 0 spiro atoms. The van der Waals surface area contributed by atoms with E-state index in [1.54, 1.807) is 0 Å². The molecule has 0 aromatic carbocycles. The van der Waals surface area contributed by atoms with Crippen molar-refractivity contribution in [2.45, 2.75) is 0 Å². The van der Waals surface area contributed by atoms with Gasteiger partial charge >= 0.3 is 43.9 Å². The second kappa shape index (κ2) is 5.23. The fourth-order valence-electron chi connectivity index (χ4n) is 0.452. The van der Waals surface area contributed by atoms with Crippen molar-refractivity contribution in [3.63, 3.8) is 0 Å². The molecule has 0 radical (unpaired) electrons. The molecule has 0 aromatic heterocycles. The molecule has 1 heterocycles. The van der Waals surface area contributed by atoms with E-state index < -0.39 is 6.16 Å². The zero-order valence-electron chi connectivity index (χ0n) is 4.53. The van der Waals surface area contributed by atoms with Crippen LogP contribution in [0, 0.1) is 0 Å². The van der Waals surface area contributed by atoms with E-state index in [1.165, 1.54) is 11.8 Å². The predicted molar refractivity (Wildman–Crippen MR) is 42.4 cm³/mol. The van der Waals surface area contributed by atoms with Gasteiger partial charge in [0, 0.05) is 5.75 Å². The summed E-state index contributed by atoms with van der Waals surface area (Å²) in [4.78, 5) is 13.6. The molecular formula is C4H7CaNO3S. The molecule has 0 aliphatic carbocycles. The Morgan fingerprint density at radius 1 is 1.80 bits per heavy atom. The van der Waals surface area contributed by atoms with Crippen molar-refractivity contribution >= 4 is 60.9 Å². The quantitative estimate of drug-likeness (QED) is 0.426. The van der Waals surface area contributed by atoms with Gasteiger partial charge in [-0.15, -0.1) is 0 Å². The zero-order chi connectivity index (χ0) is 6.69. The molecule has 54 valence electrons. The van der Waals surface area contributed by atoms with Crippen LogP contribution >= 0.6 is 11.8 Å². The second-order valence-corrected chi connectivity index (χ2v) is 2.41. The molecular weight excluding hydrogens is 182 g/mol. The van der Waals surface area contributed by atoms with Crippen molar-refractivity contribution in [2.24, 2.45) is 4.99 Å². The Labute approximate surface area is 92.0 Å². The first-order valence-electron chi connectivity index (χ1n) is 2.37. The maximum atomic E-state index is 9.84. The number of rotatable bonds is 0. The van der Waals surface area contributed by atoms with Gasteiger partial charge in [-0.1, -0.05) is 11.8 Å². The minimum absolute atomic E-state index is 0. The third-order valence-corrected chi connectivity index (χ3v) is 1.58. The average molecular weight is 189 g/mol. The number of ether oxygens (including phenoxy) is 1. The average Bonchev–Trinajstić information content (AvgIpc) is 2.15. The van der Waals surface area contributed by atoms with E-state index in [1.807, 2.05) is 0 Å². The predicted octanol–water partition coefficient (Wildman–Crippen LogP) is -0.132. The first-order valence-corrected chi connectivity index (χ1v) is 3.35. The number of nitrogens with zero attached hydrogens (tertiary/aromatic N) is 1. The molecule has 4 nitrogen and oxygen atoms in total. The van der Waals surface area contributed by atoms with Gasteiger partial charge in [0.15, 0.2) is 0 Å². The van der Waals surface area contributed by atoms with Gasteiger partial charge < -0.3 is 9.84 Å². The number of hydrogen-bond acceptors (Lipinski definition) is 4. The van der Waals surface area contributed by atoms with Crippen LogP contribution in [0.4, 0.5) is 4.79 Å². The number of thioether (sulfide) groups is 1. The number of hydrogen-bond donors (Lipinski definition) is 1. The third kappa shape index (κ3) is 3.65. The zero-order valence-corrected chi connectivity index (χ0v) is 5.35. The summed E-state index contributed by atoms with van der Waals surface area (Å²) in [5.74, 6) is 0.822. The van der Waals surface area contributed by atoms with Crippen LogP contribution in [-0.4, -0.2) is 66.5 Å².